The van der Waals surface area contributed by atoms with E-state index in [0.717, 1.165) is 25.7 Å². The third-order valence-electron chi connectivity index (χ3n) is 4.92. The Morgan fingerprint density at radius 1 is 0.909 bits per heavy atom. The van der Waals surface area contributed by atoms with E-state index in [1.54, 1.807) is 0 Å². The van der Waals surface area contributed by atoms with Crippen LogP contribution in [0.5, 0.6) is 0 Å². The van der Waals surface area contributed by atoms with Crippen molar-refractivity contribution in [1.82, 2.24) is 10.0 Å². The molecule has 2 N–H and O–H groups in total. The molecule has 0 unspecified atom stereocenters. The minimum Gasteiger partial charge on any atom is -0.353 e. The van der Waals surface area contributed by atoms with Crippen LogP contribution in [-0.2, 0) is 14.8 Å². The predicted molar refractivity (Wildman–Crippen MR) is 88.0 cm³/mol. The minimum absolute atomic E-state index is 0.0324. The zero-order valence-electron chi connectivity index (χ0n) is 13.6. The van der Waals surface area contributed by atoms with Crippen LogP contribution in [0.2, 0.25) is 0 Å². The maximum atomic E-state index is 12.2. The van der Waals surface area contributed by atoms with Crippen LogP contribution in [0.25, 0.3) is 0 Å². The van der Waals surface area contributed by atoms with E-state index in [1.807, 2.05) is 0 Å². The molecule has 0 atom stereocenters. The van der Waals surface area contributed by atoms with Crippen molar-refractivity contribution >= 4 is 15.9 Å². The Morgan fingerprint density at radius 2 is 1.45 bits per heavy atom. The smallest absolute Gasteiger partial charge is 0.220 e. The first-order valence-electron chi connectivity index (χ1n) is 8.69. The van der Waals surface area contributed by atoms with Crippen LogP contribution < -0.4 is 10.0 Å². The molecule has 2 rings (SSSR count). The summed E-state index contributed by atoms with van der Waals surface area (Å²) < 4.78 is 25.1. The van der Waals surface area contributed by atoms with Gasteiger partial charge >= 0.3 is 0 Å². The van der Waals surface area contributed by atoms with E-state index in [4.69, 9.17) is 0 Å². The first kappa shape index (κ1) is 17.7. The average molecular weight is 330 g/mol. The van der Waals surface area contributed by atoms with E-state index in [2.05, 4.69) is 10.0 Å². The molecule has 2 fully saturated rings. The van der Waals surface area contributed by atoms with Gasteiger partial charge in [-0.3, -0.25) is 4.79 Å². The highest BCUT2D eigenvalue weighted by Crippen LogP contribution is 2.26. The summed E-state index contributed by atoms with van der Waals surface area (Å²) in [5, 5.41) is 3.15. The number of hydrogen-bond donors (Lipinski definition) is 2. The van der Waals surface area contributed by atoms with Gasteiger partial charge in [0.15, 0.2) is 0 Å². The lowest BCUT2D eigenvalue weighted by atomic mass is 9.91. The highest BCUT2D eigenvalue weighted by atomic mass is 32.2. The second-order valence-electron chi connectivity index (χ2n) is 7.07. The largest absolute Gasteiger partial charge is 0.353 e. The van der Waals surface area contributed by atoms with Crippen LogP contribution in [0.3, 0.4) is 0 Å². The Labute approximate surface area is 134 Å². The number of carbonyl (C=O) groups is 1. The third kappa shape index (κ3) is 6.65. The van der Waals surface area contributed by atoms with E-state index in [-0.39, 0.29) is 18.0 Å². The summed E-state index contributed by atoms with van der Waals surface area (Å²) in [4.78, 5) is 12.2. The molecule has 0 aromatic carbocycles. The van der Waals surface area contributed by atoms with E-state index < -0.39 is 10.0 Å². The van der Waals surface area contributed by atoms with Gasteiger partial charge in [-0.25, -0.2) is 13.1 Å². The van der Waals surface area contributed by atoms with Gasteiger partial charge in [-0.2, -0.15) is 0 Å². The summed E-state index contributed by atoms with van der Waals surface area (Å²) >= 11 is 0. The van der Waals surface area contributed by atoms with Gasteiger partial charge in [-0.15, -0.1) is 0 Å². The number of hydrogen-bond acceptors (Lipinski definition) is 3. The zero-order valence-corrected chi connectivity index (χ0v) is 14.5. The molecule has 6 heteroatoms. The summed E-state index contributed by atoms with van der Waals surface area (Å²) in [5.74, 6) is 0.747. The standard InChI is InChI=1S/C16H30N2O3S/c1-22(20,21)18-15-10-8-14(9-11-15)17-16(19)12-13-6-4-2-3-5-7-13/h13-15,18H,2-12H2,1H3,(H,17,19). The molecule has 5 nitrogen and oxygen atoms in total. The second kappa shape index (κ2) is 8.29. The Balaban J connectivity index is 1.67. The van der Waals surface area contributed by atoms with E-state index in [0.29, 0.717) is 12.3 Å². The van der Waals surface area contributed by atoms with Crippen molar-refractivity contribution in [3.63, 3.8) is 0 Å². The van der Waals surface area contributed by atoms with Gasteiger partial charge in [0.2, 0.25) is 15.9 Å². The lowest BCUT2D eigenvalue weighted by Crippen LogP contribution is -2.43. The van der Waals surface area contributed by atoms with Crippen molar-refractivity contribution in [2.75, 3.05) is 6.26 Å². The fourth-order valence-electron chi connectivity index (χ4n) is 3.78. The quantitative estimate of drug-likeness (QED) is 0.760. The van der Waals surface area contributed by atoms with E-state index in [1.165, 1.54) is 44.8 Å². The summed E-state index contributed by atoms with van der Waals surface area (Å²) in [7, 11) is -3.12. The van der Waals surface area contributed by atoms with Gasteiger partial charge in [0, 0.05) is 18.5 Å². The molecule has 1 amide bonds. The van der Waals surface area contributed by atoms with Crippen LogP contribution in [-0.4, -0.2) is 32.7 Å². The second-order valence-corrected chi connectivity index (χ2v) is 8.85. The van der Waals surface area contributed by atoms with Crippen molar-refractivity contribution in [3.05, 3.63) is 0 Å². The Morgan fingerprint density at radius 3 is 2.00 bits per heavy atom. The molecule has 2 aliphatic carbocycles. The maximum Gasteiger partial charge on any atom is 0.220 e. The molecule has 0 aliphatic heterocycles. The molecule has 0 saturated heterocycles. The fraction of sp³-hybridized carbons (Fsp3) is 0.938. The zero-order chi connectivity index (χ0) is 16.0. The topological polar surface area (TPSA) is 75.3 Å². The molecular formula is C16H30N2O3S. The molecule has 128 valence electrons. The molecule has 2 aliphatic rings. The molecule has 0 bridgehead atoms. The number of rotatable bonds is 5. The lowest BCUT2D eigenvalue weighted by molar-refractivity contribution is -0.123. The lowest BCUT2D eigenvalue weighted by Gasteiger charge is -2.29. The predicted octanol–water partition coefficient (Wildman–Crippen LogP) is 2.32. The van der Waals surface area contributed by atoms with Crippen LogP contribution in [0.4, 0.5) is 0 Å². The summed E-state index contributed by atoms with van der Waals surface area (Å²) in [6, 6.07) is 0.251. The number of sulfonamides is 1. The van der Waals surface area contributed by atoms with Gasteiger partial charge in [0.05, 0.1) is 6.26 Å². The molecule has 2 saturated carbocycles. The van der Waals surface area contributed by atoms with Crippen LogP contribution in [0, 0.1) is 5.92 Å². The molecule has 0 spiro atoms. The van der Waals surface area contributed by atoms with Gasteiger partial charge in [0.25, 0.3) is 0 Å². The molecule has 0 aromatic heterocycles. The number of carbonyl (C=O) groups excluding carboxylic acids is 1. The SMILES string of the molecule is CS(=O)(=O)NC1CCC(NC(=O)CC2CCCCCC2)CC1. The monoisotopic (exact) mass is 330 g/mol. The first-order valence-corrected chi connectivity index (χ1v) is 10.6. The Bertz CT molecular complexity index is 448. The van der Waals surface area contributed by atoms with Crippen molar-refractivity contribution < 1.29 is 13.2 Å². The van der Waals surface area contributed by atoms with Gasteiger partial charge in [-0.1, -0.05) is 25.7 Å². The molecule has 0 heterocycles. The highest BCUT2D eigenvalue weighted by molar-refractivity contribution is 7.88. The normalized spacial score (nSPS) is 28.0. The first-order chi connectivity index (χ1) is 10.4. The third-order valence-corrected chi connectivity index (χ3v) is 5.68. The van der Waals surface area contributed by atoms with Crippen LogP contribution in [0.15, 0.2) is 0 Å². The average Bonchev–Trinajstić information content (AvgIpc) is 2.68. The van der Waals surface area contributed by atoms with Crippen LogP contribution >= 0.6 is 0 Å². The number of nitrogens with one attached hydrogen (secondary N) is 2. The van der Waals surface area contributed by atoms with Gasteiger partial charge in [-0.05, 0) is 44.4 Å². The Kier molecular flexibility index (Phi) is 6.68. The Hall–Kier alpha value is -0.620. The van der Waals surface area contributed by atoms with Crippen molar-refractivity contribution in [3.8, 4) is 0 Å². The highest BCUT2D eigenvalue weighted by Gasteiger charge is 2.25. The van der Waals surface area contributed by atoms with Crippen LogP contribution in [0.1, 0.15) is 70.6 Å². The van der Waals surface area contributed by atoms with E-state index in [9.17, 15) is 13.2 Å². The van der Waals surface area contributed by atoms with Crippen molar-refractivity contribution in [2.24, 2.45) is 5.92 Å². The molecule has 0 radical (unpaired) electrons. The van der Waals surface area contributed by atoms with Crippen molar-refractivity contribution in [2.45, 2.75) is 82.7 Å². The summed E-state index contributed by atoms with van der Waals surface area (Å²) in [6.07, 6.45) is 12.8. The minimum atomic E-state index is -3.12. The molecule has 0 aromatic rings. The maximum absolute atomic E-state index is 12.2. The van der Waals surface area contributed by atoms with E-state index >= 15 is 0 Å². The van der Waals surface area contributed by atoms with Gasteiger partial charge in [0.1, 0.15) is 0 Å². The number of amides is 1. The summed E-state index contributed by atoms with van der Waals surface area (Å²) in [6.45, 7) is 0. The van der Waals surface area contributed by atoms with Gasteiger partial charge < -0.3 is 5.32 Å². The fourth-order valence-corrected chi connectivity index (χ4v) is 4.62. The molecule has 22 heavy (non-hydrogen) atoms. The van der Waals surface area contributed by atoms with Crippen molar-refractivity contribution in [1.29, 1.82) is 0 Å². The summed E-state index contributed by atoms with van der Waals surface area (Å²) in [5.41, 5.74) is 0. The molecular weight excluding hydrogens is 300 g/mol.